The van der Waals surface area contributed by atoms with E-state index in [1.165, 1.54) is 12.8 Å². The third-order valence-electron chi connectivity index (χ3n) is 3.84. The van der Waals surface area contributed by atoms with Crippen LogP contribution in [-0.2, 0) is 10.8 Å². The molecule has 1 rings (SSSR count). The van der Waals surface area contributed by atoms with Gasteiger partial charge in [-0.25, -0.2) is 0 Å². The Balaban J connectivity index is 2.63. The van der Waals surface area contributed by atoms with Crippen LogP contribution in [0.4, 0.5) is 0 Å². The lowest BCUT2D eigenvalue weighted by Gasteiger charge is -2.40. The van der Waals surface area contributed by atoms with Gasteiger partial charge in [0.05, 0.1) is 5.25 Å². The minimum atomic E-state index is -0.647. The molecular formula is C14H29NOS. The van der Waals surface area contributed by atoms with E-state index >= 15 is 0 Å². The fourth-order valence-electron chi connectivity index (χ4n) is 2.73. The highest BCUT2D eigenvalue weighted by Gasteiger charge is 2.37. The molecular weight excluding hydrogens is 230 g/mol. The highest BCUT2D eigenvalue weighted by atomic mass is 32.2. The van der Waals surface area contributed by atoms with Crippen LogP contribution in [0, 0.1) is 5.41 Å². The Bertz CT molecular complexity index is 253. The van der Waals surface area contributed by atoms with Gasteiger partial charge in [0.15, 0.2) is 0 Å². The van der Waals surface area contributed by atoms with Crippen LogP contribution in [0.1, 0.15) is 59.8 Å². The van der Waals surface area contributed by atoms with E-state index in [1.807, 2.05) is 0 Å². The average molecular weight is 259 g/mol. The first kappa shape index (κ1) is 15.2. The van der Waals surface area contributed by atoms with Crippen LogP contribution in [0.3, 0.4) is 0 Å². The van der Waals surface area contributed by atoms with Gasteiger partial charge in [0.25, 0.3) is 0 Å². The maximum atomic E-state index is 12.4. The van der Waals surface area contributed by atoms with Gasteiger partial charge in [-0.15, -0.1) is 0 Å². The first-order valence-corrected chi connectivity index (χ1v) is 8.49. The van der Waals surface area contributed by atoms with Crippen LogP contribution < -0.4 is 5.32 Å². The quantitative estimate of drug-likeness (QED) is 0.794. The van der Waals surface area contributed by atoms with Crippen LogP contribution in [-0.4, -0.2) is 27.8 Å². The van der Waals surface area contributed by atoms with Gasteiger partial charge in [0.2, 0.25) is 0 Å². The lowest BCUT2D eigenvalue weighted by molar-refractivity contribution is 0.213. The van der Waals surface area contributed by atoms with Crippen molar-refractivity contribution < 1.29 is 4.21 Å². The first-order valence-electron chi connectivity index (χ1n) is 7.10. The van der Waals surface area contributed by atoms with E-state index in [1.54, 1.807) is 0 Å². The van der Waals surface area contributed by atoms with Gasteiger partial charge in [-0.3, -0.25) is 4.21 Å². The third-order valence-corrected chi connectivity index (χ3v) is 5.70. The molecule has 1 fully saturated rings. The Morgan fingerprint density at radius 1 is 1.35 bits per heavy atom. The monoisotopic (exact) mass is 259 g/mol. The molecule has 2 nitrogen and oxygen atoms in total. The average Bonchev–Trinajstić information content (AvgIpc) is 2.28. The molecule has 102 valence electrons. The molecule has 0 aliphatic heterocycles. The molecule has 1 aliphatic rings. The van der Waals surface area contributed by atoms with E-state index < -0.39 is 10.8 Å². The molecule has 17 heavy (non-hydrogen) atoms. The van der Waals surface area contributed by atoms with Crippen LogP contribution in [0.2, 0.25) is 0 Å². The molecule has 3 atom stereocenters. The zero-order valence-electron chi connectivity index (χ0n) is 11.9. The predicted octanol–water partition coefficient (Wildman–Crippen LogP) is 3.09. The Labute approximate surface area is 109 Å². The summed E-state index contributed by atoms with van der Waals surface area (Å²) in [5, 5.41) is 3.90. The predicted molar refractivity (Wildman–Crippen MR) is 76.8 cm³/mol. The van der Waals surface area contributed by atoms with E-state index in [0.29, 0.717) is 16.7 Å². The molecule has 1 aliphatic carbocycles. The van der Waals surface area contributed by atoms with Crippen LogP contribution in [0.25, 0.3) is 0 Å². The summed E-state index contributed by atoms with van der Waals surface area (Å²) in [5.41, 5.74) is 0.373. The second-order valence-corrected chi connectivity index (χ2v) is 7.82. The minimum absolute atomic E-state index is 0.366. The van der Waals surface area contributed by atoms with Gasteiger partial charge in [-0.1, -0.05) is 34.1 Å². The molecule has 0 bridgehead atoms. The van der Waals surface area contributed by atoms with Crippen molar-refractivity contribution in [2.24, 2.45) is 5.41 Å². The summed E-state index contributed by atoms with van der Waals surface area (Å²) in [6.45, 7) is 9.94. The molecule has 0 aromatic rings. The molecule has 0 heterocycles. The molecule has 0 radical (unpaired) electrons. The smallest absolute Gasteiger partial charge is 0.0506 e. The molecule has 3 heteroatoms. The van der Waals surface area contributed by atoms with Gasteiger partial charge in [0.1, 0.15) is 0 Å². The topological polar surface area (TPSA) is 29.1 Å². The largest absolute Gasteiger partial charge is 0.313 e. The van der Waals surface area contributed by atoms with Gasteiger partial charge >= 0.3 is 0 Å². The van der Waals surface area contributed by atoms with Crippen molar-refractivity contribution in [3.8, 4) is 0 Å². The molecule has 0 saturated heterocycles. The molecule has 1 saturated carbocycles. The Morgan fingerprint density at radius 2 is 2.06 bits per heavy atom. The molecule has 0 aromatic carbocycles. The van der Waals surface area contributed by atoms with Crippen LogP contribution >= 0.6 is 0 Å². The summed E-state index contributed by atoms with van der Waals surface area (Å²) in [6.07, 6.45) is 5.80. The molecule has 1 N–H and O–H groups in total. The lowest BCUT2D eigenvalue weighted by atomic mass is 9.75. The maximum Gasteiger partial charge on any atom is 0.0506 e. The molecule has 0 aromatic heterocycles. The third kappa shape index (κ3) is 4.70. The maximum absolute atomic E-state index is 12.4. The van der Waals surface area contributed by atoms with Crippen molar-refractivity contribution in [2.75, 3.05) is 12.3 Å². The standard InChI is InChI=1S/C14H29NOS/c1-5-7-10-17(16)13-11-14(3,4)9-8-12(13)15-6-2/h12-13,15H,5-11H2,1-4H3. The lowest BCUT2D eigenvalue weighted by Crippen LogP contribution is -2.48. The van der Waals surface area contributed by atoms with Crippen molar-refractivity contribution in [3.63, 3.8) is 0 Å². The zero-order chi connectivity index (χ0) is 12.9. The van der Waals surface area contributed by atoms with Crippen molar-refractivity contribution in [1.29, 1.82) is 0 Å². The van der Waals surface area contributed by atoms with Crippen molar-refractivity contribution in [1.82, 2.24) is 5.32 Å². The number of nitrogens with one attached hydrogen (secondary N) is 1. The highest BCUT2D eigenvalue weighted by Crippen LogP contribution is 2.37. The molecule has 3 unspecified atom stereocenters. The second-order valence-electron chi connectivity index (χ2n) is 6.05. The number of hydrogen-bond donors (Lipinski definition) is 1. The number of unbranched alkanes of at least 4 members (excludes halogenated alkanes) is 1. The van der Waals surface area contributed by atoms with Crippen LogP contribution in [0.15, 0.2) is 0 Å². The number of rotatable bonds is 6. The summed E-state index contributed by atoms with van der Waals surface area (Å²) >= 11 is 0. The summed E-state index contributed by atoms with van der Waals surface area (Å²) in [6, 6.07) is 0.478. The van der Waals surface area contributed by atoms with Gasteiger partial charge in [-0.2, -0.15) is 0 Å². The highest BCUT2D eigenvalue weighted by molar-refractivity contribution is 7.85. The van der Waals surface area contributed by atoms with Crippen molar-refractivity contribution >= 4 is 10.8 Å². The Hall–Kier alpha value is 0.110. The summed E-state index contributed by atoms with van der Waals surface area (Å²) in [5.74, 6) is 0.888. The normalized spacial score (nSPS) is 30.1. The minimum Gasteiger partial charge on any atom is -0.313 e. The van der Waals surface area contributed by atoms with E-state index in [9.17, 15) is 4.21 Å². The van der Waals surface area contributed by atoms with E-state index in [4.69, 9.17) is 0 Å². The van der Waals surface area contributed by atoms with Gasteiger partial charge < -0.3 is 5.32 Å². The van der Waals surface area contributed by atoms with Crippen LogP contribution in [0.5, 0.6) is 0 Å². The first-order chi connectivity index (χ1) is 8.00. The fourth-order valence-corrected chi connectivity index (χ4v) is 4.84. The zero-order valence-corrected chi connectivity index (χ0v) is 12.7. The number of hydrogen-bond acceptors (Lipinski definition) is 2. The van der Waals surface area contributed by atoms with Gasteiger partial charge in [0, 0.05) is 22.6 Å². The fraction of sp³-hybridized carbons (Fsp3) is 1.00. The SMILES string of the molecule is CCCCS(=O)C1CC(C)(C)CCC1NCC. The summed E-state index contributed by atoms with van der Waals surface area (Å²) in [4.78, 5) is 0. The molecule has 0 spiro atoms. The van der Waals surface area contributed by atoms with Gasteiger partial charge in [-0.05, 0) is 37.6 Å². The van der Waals surface area contributed by atoms with Crippen molar-refractivity contribution in [2.45, 2.75) is 71.1 Å². The Morgan fingerprint density at radius 3 is 2.65 bits per heavy atom. The Kier molecular flexibility index (Phi) is 6.14. The van der Waals surface area contributed by atoms with E-state index in [2.05, 4.69) is 33.0 Å². The summed E-state index contributed by atoms with van der Waals surface area (Å²) < 4.78 is 12.4. The summed E-state index contributed by atoms with van der Waals surface area (Å²) in [7, 11) is -0.647. The van der Waals surface area contributed by atoms with Crippen molar-refractivity contribution in [3.05, 3.63) is 0 Å². The molecule has 0 amide bonds. The van der Waals surface area contributed by atoms with E-state index in [-0.39, 0.29) is 0 Å². The van der Waals surface area contributed by atoms with E-state index in [0.717, 1.165) is 31.6 Å². The second kappa shape index (κ2) is 6.89.